The molecule has 186 valence electrons. The van der Waals surface area contributed by atoms with Gasteiger partial charge < -0.3 is 5.32 Å². The van der Waals surface area contributed by atoms with Gasteiger partial charge >= 0.3 is 0 Å². The first-order valence-corrected chi connectivity index (χ1v) is 14.0. The molecular formula is C22H23ClN4O6S2. The Balaban J connectivity index is 1.66. The molecule has 0 radical (unpaired) electrons. The Hall–Kier alpha value is -3.06. The van der Waals surface area contributed by atoms with Crippen molar-refractivity contribution in [3.63, 3.8) is 0 Å². The van der Waals surface area contributed by atoms with Crippen molar-refractivity contribution in [2.75, 3.05) is 18.1 Å². The highest BCUT2D eigenvalue weighted by Gasteiger charge is 2.18. The van der Waals surface area contributed by atoms with E-state index in [0.29, 0.717) is 12.0 Å². The van der Waals surface area contributed by atoms with Gasteiger partial charge in [-0.3, -0.25) is 9.59 Å². The molecule has 2 N–H and O–H groups in total. The fourth-order valence-electron chi connectivity index (χ4n) is 3.14. The minimum Gasteiger partial charge on any atom is -0.324 e. The summed E-state index contributed by atoms with van der Waals surface area (Å²) in [5.41, 5.74) is 0.932. The zero-order chi connectivity index (χ0) is 25.8. The molecule has 1 heterocycles. The average Bonchev–Trinajstić information content (AvgIpc) is 2.76. The molecule has 0 unspecified atom stereocenters. The molecule has 0 aliphatic rings. The van der Waals surface area contributed by atoms with Gasteiger partial charge in [-0.05, 0) is 48.7 Å². The number of sulfonamides is 1. The number of aryl methyl sites for hydroxylation is 1. The highest BCUT2D eigenvalue weighted by Crippen LogP contribution is 2.20. The molecule has 10 nitrogen and oxygen atoms in total. The van der Waals surface area contributed by atoms with Crippen molar-refractivity contribution in [2.24, 2.45) is 0 Å². The van der Waals surface area contributed by atoms with Crippen LogP contribution in [0.4, 0.5) is 5.69 Å². The third-order valence-electron chi connectivity index (χ3n) is 4.95. The van der Waals surface area contributed by atoms with Crippen molar-refractivity contribution in [1.82, 2.24) is 14.5 Å². The van der Waals surface area contributed by atoms with Crippen molar-refractivity contribution in [3.8, 4) is 0 Å². The van der Waals surface area contributed by atoms with E-state index in [1.807, 2.05) is 0 Å². The number of nitrogens with zero attached hydrogens (tertiary/aromatic N) is 2. The summed E-state index contributed by atoms with van der Waals surface area (Å²) < 4.78 is 52.3. The standard InChI is InChI=1S/C22H23ClN4O6S2/c1-15-3-6-18(26-21(28)14-27-22(29)11-17(23)13-24-27)12-20(15)35(32,33)25-10-9-16-4-7-19(8-5-16)34(2,30)31/h3-8,11-13,25H,9-10,14H2,1-2H3,(H,26,28). The van der Waals surface area contributed by atoms with Crippen molar-refractivity contribution < 1.29 is 21.6 Å². The zero-order valence-corrected chi connectivity index (χ0v) is 21.2. The normalized spacial score (nSPS) is 11.9. The minimum atomic E-state index is -3.90. The van der Waals surface area contributed by atoms with E-state index in [4.69, 9.17) is 11.6 Å². The number of amides is 1. The Morgan fingerprint density at radius 3 is 2.37 bits per heavy atom. The molecule has 1 amide bonds. The lowest BCUT2D eigenvalue weighted by atomic mass is 10.2. The maximum absolute atomic E-state index is 12.9. The Bertz CT molecular complexity index is 1520. The first kappa shape index (κ1) is 26.5. The molecule has 0 aliphatic heterocycles. The Labute approximate surface area is 207 Å². The van der Waals surface area contributed by atoms with Crippen LogP contribution in [0.15, 0.2) is 69.3 Å². The van der Waals surface area contributed by atoms with Gasteiger partial charge in [0.1, 0.15) is 6.54 Å². The van der Waals surface area contributed by atoms with Crippen LogP contribution in [-0.4, -0.2) is 45.3 Å². The molecule has 3 aromatic rings. The summed E-state index contributed by atoms with van der Waals surface area (Å²) in [5, 5.41) is 6.49. The van der Waals surface area contributed by atoms with Crippen LogP contribution in [0.25, 0.3) is 0 Å². The molecule has 0 bridgehead atoms. The second-order valence-electron chi connectivity index (χ2n) is 7.76. The van der Waals surface area contributed by atoms with Gasteiger partial charge in [-0.1, -0.05) is 29.8 Å². The maximum atomic E-state index is 12.9. The van der Waals surface area contributed by atoms with Gasteiger partial charge in [-0.25, -0.2) is 26.2 Å². The van der Waals surface area contributed by atoms with E-state index in [1.54, 1.807) is 31.2 Å². The van der Waals surface area contributed by atoms with E-state index in [9.17, 15) is 26.4 Å². The number of carbonyl (C=O) groups is 1. The molecule has 0 aliphatic carbocycles. The second kappa shape index (κ2) is 10.7. The number of hydrogen-bond donors (Lipinski definition) is 2. The number of benzene rings is 2. The Morgan fingerprint density at radius 1 is 1.06 bits per heavy atom. The molecule has 0 fully saturated rings. The lowest BCUT2D eigenvalue weighted by Crippen LogP contribution is -2.29. The molecule has 13 heteroatoms. The topological polar surface area (TPSA) is 144 Å². The summed E-state index contributed by atoms with van der Waals surface area (Å²) in [6, 6.07) is 11.8. The van der Waals surface area contributed by atoms with Gasteiger partial charge in [0.15, 0.2) is 9.84 Å². The van der Waals surface area contributed by atoms with Crippen LogP contribution < -0.4 is 15.6 Å². The average molecular weight is 539 g/mol. The molecule has 0 saturated heterocycles. The number of halogens is 1. The number of anilines is 1. The number of nitrogens with one attached hydrogen (secondary N) is 2. The summed E-state index contributed by atoms with van der Waals surface area (Å²) in [6.45, 7) is 1.34. The minimum absolute atomic E-state index is 0.00971. The molecule has 0 atom stereocenters. The molecule has 1 aromatic heterocycles. The fourth-order valence-corrected chi connectivity index (χ4v) is 5.21. The maximum Gasteiger partial charge on any atom is 0.268 e. The largest absolute Gasteiger partial charge is 0.324 e. The third-order valence-corrected chi connectivity index (χ3v) is 7.89. The van der Waals surface area contributed by atoms with Crippen LogP contribution >= 0.6 is 11.6 Å². The monoisotopic (exact) mass is 538 g/mol. The van der Waals surface area contributed by atoms with Gasteiger partial charge in [0.25, 0.3) is 5.56 Å². The third kappa shape index (κ3) is 7.21. The van der Waals surface area contributed by atoms with E-state index >= 15 is 0 Å². The molecule has 35 heavy (non-hydrogen) atoms. The number of sulfone groups is 1. The zero-order valence-electron chi connectivity index (χ0n) is 18.9. The van der Waals surface area contributed by atoms with Crippen molar-refractivity contribution in [3.05, 3.63) is 81.2 Å². The molecular weight excluding hydrogens is 516 g/mol. The van der Waals surface area contributed by atoms with Crippen LogP contribution in [0.5, 0.6) is 0 Å². The number of carbonyl (C=O) groups excluding carboxylic acids is 1. The SMILES string of the molecule is Cc1ccc(NC(=O)Cn2ncc(Cl)cc2=O)cc1S(=O)(=O)NCCc1ccc(S(C)(=O)=O)cc1. The predicted molar refractivity (Wildman–Crippen MR) is 132 cm³/mol. The highest BCUT2D eigenvalue weighted by atomic mass is 35.5. The molecule has 2 aromatic carbocycles. The molecule has 0 saturated carbocycles. The van der Waals surface area contributed by atoms with E-state index in [1.165, 1.54) is 24.4 Å². The van der Waals surface area contributed by atoms with E-state index in [-0.39, 0.29) is 33.6 Å². The van der Waals surface area contributed by atoms with Crippen LogP contribution in [0.1, 0.15) is 11.1 Å². The molecule has 3 rings (SSSR count). The second-order valence-corrected chi connectivity index (χ2v) is 11.9. The molecule has 0 spiro atoms. The lowest BCUT2D eigenvalue weighted by Gasteiger charge is -2.12. The summed E-state index contributed by atoms with van der Waals surface area (Å²) in [5.74, 6) is -0.570. The van der Waals surface area contributed by atoms with Crippen molar-refractivity contribution >= 4 is 43.1 Å². The van der Waals surface area contributed by atoms with Gasteiger partial charge in [0, 0.05) is 24.6 Å². The summed E-state index contributed by atoms with van der Waals surface area (Å²) in [4.78, 5) is 24.4. The summed E-state index contributed by atoms with van der Waals surface area (Å²) >= 11 is 5.69. The summed E-state index contributed by atoms with van der Waals surface area (Å²) in [7, 11) is -7.21. The van der Waals surface area contributed by atoms with Gasteiger partial charge in [-0.2, -0.15) is 5.10 Å². The number of rotatable bonds is 9. The van der Waals surface area contributed by atoms with Crippen LogP contribution in [0.2, 0.25) is 5.02 Å². The van der Waals surface area contributed by atoms with Crippen LogP contribution in [-0.2, 0) is 37.6 Å². The van der Waals surface area contributed by atoms with E-state index in [2.05, 4.69) is 15.1 Å². The smallest absolute Gasteiger partial charge is 0.268 e. The van der Waals surface area contributed by atoms with Gasteiger partial charge in [0.2, 0.25) is 15.9 Å². The summed E-state index contributed by atoms with van der Waals surface area (Å²) in [6.07, 6.45) is 2.70. The number of aromatic nitrogens is 2. The van der Waals surface area contributed by atoms with Crippen LogP contribution in [0.3, 0.4) is 0 Å². The van der Waals surface area contributed by atoms with Gasteiger partial charge in [0.05, 0.1) is 21.0 Å². The predicted octanol–water partition coefficient (Wildman–Crippen LogP) is 1.77. The van der Waals surface area contributed by atoms with Gasteiger partial charge in [-0.15, -0.1) is 0 Å². The van der Waals surface area contributed by atoms with Crippen LogP contribution in [0, 0.1) is 6.92 Å². The highest BCUT2D eigenvalue weighted by molar-refractivity contribution is 7.90. The first-order valence-electron chi connectivity index (χ1n) is 10.3. The van der Waals surface area contributed by atoms with Crippen molar-refractivity contribution in [2.45, 2.75) is 29.7 Å². The fraction of sp³-hybridized carbons (Fsp3) is 0.227. The quantitative estimate of drug-likeness (QED) is 0.422. The number of hydrogen-bond acceptors (Lipinski definition) is 7. The lowest BCUT2D eigenvalue weighted by molar-refractivity contribution is -0.117. The Kier molecular flexibility index (Phi) is 8.11. The first-order chi connectivity index (χ1) is 16.3. The van der Waals surface area contributed by atoms with E-state index < -0.39 is 31.3 Å². The Morgan fingerprint density at radius 2 is 1.74 bits per heavy atom. The van der Waals surface area contributed by atoms with E-state index in [0.717, 1.165) is 22.6 Å². The van der Waals surface area contributed by atoms with Crippen molar-refractivity contribution in [1.29, 1.82) is 0 Å².